The van der Waals surface area contributed by atoms with E-state index >= 15 is 0 Å². The van der Waals surface area contributed by atoms with Crippen molar-refractivity contribution in [3.63, 3.8) is 0 Å². The molecule has 3 rings (SSSR count). The molecule has 0 aliphatic heterocycles. The summed E-state index contributed by atoms with van der Waals surface area (Å²) >= 11 is 1.35. The standard InChI is InChI=1S/C23H24N2O5S/c1-23(2,13-30-22(27)18-12-31-14-24-18)16-6-8-17(9-7-16)25-21(26)15-5-10-19(28-3)20(11-15)29-4/h5-12,14H,13H2,1-4H3,(H,25,26). The number of nitrogens with one attached hydrogen (secondary N) is 1. The molecule has 0 fully saturated rings. The second-order valence-electron chi connectivity index (χ2n) is 7.43. The van der Waals surface area contributed by atoms with E-state index in [0.717, 1.165) is 5.56 Å². The Labute approximate surface area is 185 Å². The average molecular weight is 441 g/mol. The highest BCUT2D eigenvalue weighted by atomic mass is 32.1. The molecule has 0 saturated carbocycles. The normalized spacial score (nSPS) is 11.0. The second kappa shape index (κ2) is 9.61. The average Bonchev–Trinajstić information content (AvgIpc) is 3.32. The van der Waals surface area contributed by atoms with Crippen LogP contribution in [0.3, 0.4) is 0 Å². The van der Waals surface area contributed by atoms with Gasteiger partial charge in [-0.25, -0.2) is 9.78 Å². The van der Waals surface area contributed by atoms with Crippen LogP contribution < -0.4 is 14.8 Å². The highest BCUT2D eigenvalue weighted by Gasteiger charge is 2.24. The lowest BCUT2D eigenvalue weighted by Crippen LogP contribution is -2.26. The number of carbonyl (C=O) groups excluding carboxylic acids is 2. The van der Waals surface area contributed by atoms with Crippen LogP contribution in [0.1, 0.15) is 40.3 Å². The van der Waals surface area contributed by atoms with E-state index in [1.54, 1.807) is 36.2 Å². The number of hydrogen-bond acceptors (Lipinski definition) is 7. The number of anilines is 1. The van der Waals surface area contributed by atoms with E-state index in [-0.39, 0.29) is 12.5 Å². The molecular formula is C23H24N2O5S. The van der Waals surface area contributed by atoms with Gasteiger partial charge < -0.3 is 19.5 Å². The maximum absolute atomic E-state index is 12.6. The van der Waals surface area contributed by atoms with Gasteiger partial charge in [-0.15, -0.1) is 11.3 Å². The molecule has 0 radical (unpaired) electrons. The van der Waals surface area contributed by atoms with Gasteiger partial charge in [0, 0.05) is 22.0 Å². The van der Waals surface area contributed by atoms with Crippen molar-refractivity contribution in [2.75, 3.05) is 26.1 Å². The zero-order chi connectivity index (χ0) is 22.4. The zero-order valence-electron chi connectivity index (χ0n) is 17.8. The molecule has 162 valence electrons. The summed E-state index contributed by atoms with van der Waals surface area (Å²) in [6.45, 7) is 4.18. The van der Waals surface area contributed by atoms with Gasteiger partial charge in [0.1, 0.15) is 6.61 Å². The Morgan fingerprint density at radius 3 is 2.35 bits per heavy atom. The number of ether oxygens (including phenoxy) is 3. The molecule has 0 aliphatic carbocycles. The van der Waals surface area contributed by atoms with Crippen LogP contribution in [0.2, 0.25) is 0 Å². The minimum Gasteiger partial charge on any atom is -0.493 e. The zero-order valence-corrected chi connectivity index (χ0v) is 18.6. The topological polar surface area (TPSA) is 86.8 Å². The lowest BCUT2D eigenvalue weighted by Gasteiger charge is -2.25. The van der Waals surface area contributed by atoms with Crippen LogP contribution in [0.25, 0.3) is 0 Å². The summed E-state index contributed by atoms with van der Waals surface area (Å²) in [6, 6.07) is 12.4. The van der Waals surface area contributed by atoms with Crippen molar-refractivity contribution in [1.29, 1.82) is 0 Å². The SMILES string of the molecule is COc1ccc(C(=O)Nc2ccc(C(C)(C)COC(=O)c3cscn3)cc2)cc1OC. The van der Waals surface area contributed by atoms with E-state index in [0.29, 0.717) is 28.4 Å². The predicted molar refractivity (Wildman–Crippen MR) is 119 cm³/mol. The van der Waals surface area contributed by atoms with E-state index in [1.807, 2.05) is 38.1 Å². The minimum atomic E-state index is -0.437. The summed E-state index contributed by atoms with van der Waals surface area (Å²) in [5.41, 5.74) is 3.58. The highest BCUT2D eigenvalue weighted by molar-refractivity contribution is 7.07. The Kier molecular flexibility index (Phi) is 6.91. The summed E-state index contributed by atoms with van der Waals surface area (Å²) in [4.78, 5) is 28.6. The van der Waals surface area contributed by atoms with Crippen LogP contribution in [0.15, 0.2) is 53.4 Å². The van der Waals surface area contributed by atoms with Gasteiger partial charge >= 0.3 is 5.97 Å². The van der Waals surface area contributed by atoms with Crippen LogP contribution in [0.4, 0.5) is 5.69 Å². The molecule has 0 aliphatic rings. The first-order chi connectivity index (χ1) is 14.8. The highest BCUT2D eigenvalue weighted by Crippen LogP contribution is 2.28. The molecule has 31 heavy (non-hydrogen) atoms. The molecule has 1 heterocycles. The molecule has 0 saturated heterocycles. The first-order valence-electron chi connectivity index (χ1n) is 9.53. The fraction of sp³-hybridized carbons (Fsp3) is 0.261. The van der Waals surface area contributed by atoms with Gasteiger partial charge in [-0.2, -0.15) is 0 Å². The lowest BCUT2D eigenvalue weighted by atomic mass is 9.85. The van der Waals surface area contributed by atoms with Crippen molar-refractivity contribution in [3.05, 3.63) is 70.2 Å². The maximum Gasteiger partial charge on any atom is 0.357 e. The molecule has 7 nitrogen and oxygen atoms in total. The summed E-state index contributed by atoms with van der Waals surface area (Å²) in [6.07, 6.45) is 0. The smallest absolute Gasteiger partial charge is 0.357 e. The first kappa shape index (κ1) is 22.3. The summed E-state index contributed by atoms with van der Waals surface area (Å²) in [7, 11) is 3.06. The van der Waals surface area contributed by atoms with E-state index in [9.17, 15) is 9.59 Å². The Balaban J connectivity index is 1.64. The number of rotatable bonds is 8. The molecule has 8 heteroatoms. The summed E-state index contributed by atoms with van der Waals surface area (Å²) in [5, 5.41) is 4.52. The van der Waals surface area contributed by atoms with E-state index in [2.05, 4.69) is 10.3 Å². The Bertz CT molecular complexity index is 1050. The number of esters is 1. The Morgan fingerprint density at radius 1 is 1.03 bits per heavy atom. The monoisotopic (exact) mass is 440 g/mol. The van der Waals surface area contributed by atoms with Gasteiger partial charge in [0.15, 0.2) is 17.2 Å². The first-order valence-corrected chi connectivity index (χ1v) is 10.5. The molecule has 2 aromatic carbocycles. The van der Waals surface area contributed by atoms with Gasteiger partial charge in [-0.05, 0) is 35.9 Å². The van der Waals surface area contributed by atoms with Gasteiger partial charge in [0.05, 0.1) is 19.7 Å². The van der Waals surface area contributed by atoms with Crippen molar-refractivity contribution >= 4 is 28.9 Å². The molecular weight excluding hydrogens is 416 g/mol. The minimum absolute atomic E-state index is 0.209. The molecule has 3 aromatic rings. The van der Waals surface area contributed by atoms with Gasteiger partial charge in [0.2, 0.25) is 0 Å². The largest absolute Gasteiger partial charge is 0.493 e. The quantitative estimate of drug-likeness (QED) is 0.517. The second-order valence-corrected chi connectivity index (χ2v) is 8.15. The van der Waals surface area contributed by atoms with Crippen molar-refractivity contribution in [1.82, 2.24) is 4.98 Å². The number of benzene rings is 2. The van der Waals surface area contributed by atoms with Crippen LogP contribution >= 0.6 is 11.3 Å². The number of aromatic nitrogens is 1. The van der Waals surface area contributed by atoms with E-state index < -0.39 is 11.4 Å². The number of amides is 1. The third kappa shape index (κ3) is 5.40. The van der Waals surface area contributed by atoms with Crippen molar-refractivity contribution in [3.8, 4) is 11.5 Å². The molecule has 0 atom stereocenters. The predicted octanol–water partition coefficient (Wildman–Crippen LogP) is 4.55. The third-order valence-electron chi connectivity index (χ3n) is 4.78. The van der Waals surface area contributed by atoms with E-state index in [4.69, 9.17) is 14.2 Å². The van der Waals surface area contributed by atoms with Crippen molar-refractivity contribution < 1.29 is 23.8 Å². The van der Waals surface area contributed by atoms with Gasteiger partial charge in [-0.1, -0.05) is 26.0 Å². The maximum atomic E-state index is 12.6. The number of carbonyl (C=O) groups is 2. The van der Waals surface area contributed by atoms with Crippen molar-refractivity contribution in [2.24, 2.45) is 0 Å². The van der Waals surface area contributed by atoms with Crippen LogP contribution in [-0.4, -0.2) is 37.7 Å². The lowest BCUT2D eigenvalue weighted by molar-refractivity contribution is 0.0421. The molecule has 1 amide bonds. The van der Waals surface area contributed by atoms with E-state index in [1.165, 1.54) is 18.4 Å². The summed E-state index contributed by atoms with van der Waals surface area (Å²) in [5.74, 6) is 0.346. The van der Waals surface area contributed by atoms with Crippen LogP contribution in [0, 0.1) is 0 Å². The fourth-order valence-corrected chi connectivity index (χ4v) is 3.42. The van der Waals surface area contributed by atoms with Crippen molar-refractivity contribution in [2.45, 2.75) is 19.3 Å². The number of hydrogen-bond donors (Lipinski definition) is 1. The number of nitrogens with zero attached hydrogens (tertiary/aromatic N) is 1. The molecule has 0 spiro atoms. The van der Waals surface area contributed by atoms with Crippen LogP contribution in [0.5, 0.6) is 11.5 Å². The number of thiazole rings is 1. The molecule has 0 unspecified atom stereocenters. The Hall–Kier alpha value is -3.39. The van der Waals surface area contributed by atoms with Crippen LogP contribution in [-0.2, 0) is 10.2 Å². The Morgan fingerprint density at radius 2 is 1.74 bits per heavy atom. The molecule has 0 bridgehead atoms. The fourth-order valence-electron chi connectivity index (χ4n) is 2.90. The summed E-state index contributed by atoms with van der Waals surface area (Å²) < 4.78 is 15.9. The third-order valence-corrected chi connectivity index (χ3v) is 5.36. The number of methoxy groups -OCH3 is 2. The molecule has 1 N–H and O–H groups in total. The molecule has 1 aromatic heterocycles. The van der Waals surface area contributed by atoms with Gasteiger partial charge in [-0.3, -0.25) is 4.79 Å². The van der Waals surface area contributed by atoms with Gasteiger partial charge in [0.25, 0.3) is 5.91 Å².